The van der Waals surface area contributed by atoms with Crippen LogP contribution >= 0.6 is 22.9 Å². The van der Waals surface area contributed by atoms with Crippen LogP contribution in [-0.2, 0) is 0 Å². The predicted octanol–water partition coefficient (Wildman–Crippen LogP) is 2.05. The molecule has 0 amide bonds. The molecule has 0 unspecified atom stereocenters. The molecule has 0 spiro atoms. The molecule has 0 aliphatic heterocycles. The van der Waals surface area contributed by atoms with Crippen molar-refractivity contribution in [2.45, 2.75) is 0 Å². The lowest BCUT2D eigenvalue weighted by Gasteiger charge is -1.90. The van der Waals surface area contributed by atoms with E-state index in [1.165, 1.54) is 17.7 Å². The minimum atomic E-state index is 0.388. The highest BCUT2D eigenvalue weighted by atomic mass is 35.5. The molecule has 0 aliphatic rings. The van der Waals surface area contributed by atoms with Crippen molar-refractivity contribution in [1.82, 2.24) is 15.0 Å². The van der Waals surface area contributed by atoms with Gasteiger partial charge in [0.1, 0.15) is 16.5 Å². The summed E-state index contributed by atoms with van der Waals surface area (Å²) < 4.78 is 0. The molecule has 0 saturated carbocycles. The maximum absolute atomic E-state index is 5.61. The van der Waals surface area contributed by atoms with Gasteiger partial charge in [-0.25, -0.2) is 15.0 Å². The number of aromatic nitrogens is 3. The SMILES string of the molecule is Clc1[c]sc(-c2cncnc2)n1. The molecule has 2 aromatic rings. The Morgan fingerprint density at radius 1 is 1.33 bits per heavy atom. The lowest BCUT2D eigenvalue weighted by molar-refractivity contribution is 1.17. The van der Waals surface area contributed by atoms with Crippen LogP contribution in [0.15, 0.2) is 18.7 Å². The molecule has 2 aromatic heterocycles. The third-order valence-corrected chi connectivity index (χ3v) is 2.35. The lowest BCUT2D eigenvalue weighted by Crippen LogP contribution is -1.79. The van der Waals surface area contributed by atoms with E-state index >= 15 is 0 Å². The minimum absolute atomic E-state index is 0.388. The summed E-state index contributed by atoms with van der Waals surface area (Å²) in [5.41, 5.74) is 0.866. The van der Waals surface area contributed by atoms with Gasteiger partial charge in [0.25, 0.3) is 0 Å². The Morgan fingerprint density at radius 2 is 2.08 bits per heavy atom. The fourth-order valence-corrected chi connectivity index (χ4v) is 1.60. The second kappa shape index (κ2) is 3.16. The smallest absolute Gasteiger partial charge is 0.149 e. The standard InChI is InChI=1S/C7H3ClN3S/c8-6-3-12-7(11-6)5-1-9-4-10-2-5/h1-2,4H. The quantitative estimate of drug-likeness (QED) is 0.701. The number of rotatable bonds is 1. The number of halogens is 1. The van der Waals surface area contributed by atoms with E-state index in [-0.39, 0.29) is 0 Å². The fourth-order valence-electron chi connectivity index (χ4n) is 0.758. The third kappa shape index (κ3) is 1.44. The summed E-state index contributed by atoms with van der Waals surface area (Å²) in [7, 11) is 0. The number of nitrogens with zero attached hydrogens (tertiary/aromatic N) is 3. The van der Waals surface area contributed by atoms with Crippen LogP contribution in [0.3, 0.4) is 0 Å². The van der Waals surface area contributed by atoms with Gasteiger partial charge in [-0.1, -0.05) is 11.6 Å². The Labute approximate surface area is 78.1 Å². The summed E-state index contributed by atoms with van der Waals surface area (Å²) in [6.07, 6.45) is 4.86. The largest absolute Gasteiger partial charge is 0.244 e. The first kappa shape index (κ1) is 7.64. The monoisotopic (exact) mass is 196 g/mol. The Balaban J connectivity index is 2.45. The highest BCUT2D eigenvalue weighted by molar-refractivity contribution is 7.13. The van der Waals surface area contributed by atoms with Crippen molar-refractivity contribution in [3.63, 3.8) is 0 Å². The maximum atomic E-state index is 5.61. The zero-order chi connectivity index (χ0) is 8.39. The zero-order valence-electron chi connectivity index (χ0n) is 5.86. The van der Waals surface area contributed by atoms with Gasteiger partial charge in [-0.15, -0.1) is 11.3 Å². The van der Waals surface area contributed by atoms with Gasteiger partial charge in [0.05, 0.1) is 5.38 Å². The average Bonchev–Trinajstić information content (AvgIpc) is 2.54. The molecular formula is C7H3ClN3S. The number of hydrogen-bond donors (Lipinski definition) is 0. The molecule has 0 atom stereocenters. The molecule has 0 aromatic carbocycles. The van der Waals surface area contributed by atoms with E-state index in [4.69, 9.17) is 11.6 Å². The van der Waals surface area contributed by atoms with E-state index in [1.807, 2.05) is 0 Å². The van der Waals surface area contributed by atoms with Crippen molar-refractivity contribution in [1.29, 1.82) is 0 Å². The Bertz CT molecular complexity index is 373. The van der Waals surface area contributed by atoms with Crippen molar-refractivity contribution in [2.75, 3.05) is 0 Å². The van der Waals surface area contributed by atoms with Crippen molar-refractivity contribution in [3.05, 3.63) is 29.3 Å². The van der Waals surface area contributed by atoms with Gasteiger partial charge in [-0.3, -0.25) is 0 Å². The van der Waals surface area contributed by atoms with Crippen LogP contribution in [0.1, 0.15) is 0 Å². The summed E-state index contributed by atoms with van der Waals surface area (Å²) in [4.78, 5) is 11.8. The molecule has 59 valence electrons. The molecule has 1 radical (unpaired) electrons. The van der Waals surface area contributed by atoms with E-state index in [9.17, 15) is 0 Å². The van der Waals surface area contributed by atoms with Crippen molar-refractivity contribution >= 4 is 22.9 Å². The normalized spacial score (nSPS) is 10.1. The molecule has 5 heteroatoms. The van der Waals surface area contributed by atoms with E-state index in [1.54, 1.807) is 12.4 Å². The molecule has 2 heterocycles. The van der Waals surface area contributed by atoms with Gasteiger partial charge in [0.15, 0.2) is 0 Å². The first-order valence-corrected chi connectivity index (χ1v) is 4.35. The minimum Gasteiger partial charge on any atom is -0.244 e. The van der Waals surface area contributed by atoms with Gasteiger partial charge in [-0.05, 0) is 0 Å². The highest BCUT2D eigenvalue weighted by Crippen LogP contribution is 2.23. The van der Waals surface area contributed by atoms with Crippen LogP contribution < -0.4 is 0 Å². The Hall–Kier alpha value is -1.00. The molecule has 0 saturated heterocycles. The van der Waals surface area contributed by atoms with E-state index in [2.05, 4.69) is 20.3 Å². The van der Waals surface area contributed by atoms with Crippen molar-refractivity contribution in [3.8, 4) is 10.6 Å². The topological polar surface area (TPSA) is 38.7 Å². The summed E-state index contributed by atoms with van der Waals surface area (Å²) in [6, 6.07) is 0. The molecule has 3 nitrogen and oxygen atoms in total. The lowest BCUT2D eigenvalue weighted by atomic mass is 10.4. The first-order chi connectivity index (χ1) is 5.86. The summed E-state index contributed by atoms with van der Waals surface area (Å²) in [5.74, 6) is 0. The van der Waals surface area contributed by atoms with E-state index in [0.29, 0.717) is 5.15 Å². The van der Waals surface area contributed by atoms with Crippen LogP contribution in [0.2, 0.25) is 5.15 Å². The molecule has 0 bridgehead atoms. The van der Waals surface area contributed by atoms with Crippen LogP contribution in [0.4, 0.5) is 0 Å². The molecular weight excluding hydrogens is 194 g/mol. The number of thiazole rings is 1. The summed E-state index contributed by atoms with van der Waals surface area (Å²) in [6.45, 7) is 0. The zero-order valence-corrected chi connectivity index (χ0v) is 7.43. The van der Waals surface area contributed by atoms with Gasteiger partial charge >= 0.3 is 0 Å². The first-order valence-electron chi connectivity index (χ1n) is 3.15. The van der Waals surface area contributed by atoms with Crippen molar-refractivity contribution in [2.24, 2.45) is 0 Å². The van der Waals surface area contributed by atoms with E-state index in [0.717, 1.165) is 10.6 Å². The van der Waals surface area contributed by atoms with Crippen LogP contribution in [0.25, 0.3) is 10.6 Å². The van der Waals surface area contributed by atoms with Crippen LogP contribution in [0, 0.1) is 5.38 Å². The highest BCUT2D eigenvalue weighted by Gasteiger charge is 2.02. The van der Waals surface area contributed by atoms with Gasteiger partial charge in [0.2, 0.25) is 0 Å². The average molecular weight is 197 g/mol. The third-order valence-electron chi connectivity index (χ3n) is 1.24. The van der Waals surface area contributed by atoms with Gasteiger partial charge in [0, 0.05) is 18.0 Å². The molecule has 0 aliphatic carbocycles. The van der Waals surface area contributed by atoms with Crippen LogP contribution in [0.5, 0.6) is 0 Å². The number of hydrogen-bond acceptors (Lipinski definition) is 4. The predicted molar refractivity (Wildman–Crippen MR) is 47.0 cm³/mol. The second-order valence-corrected chi connectivity index (χ2v) is 3.19. The second-order valence-electron chi connectivity index (χ2n) is 2.04. The van der Waals surface area contributed by atoms with Gasteiger partial charge in [-0.2, -0.15) is 0 Å². The Morgan fingerprint density at radius 3 is 2.67 bits per heavy atom. The molecule has 12 heavy (non-hydrogen) atoms. The Kier molecular flexibility index (Phi) is 2.01. The summed E-state index contributed by atoms with van der Waals surface area (Å²) >= 11 is 6.97. The fraction of sp³-hybridized carbons (Fsp3) is 0. The van der Waals surface area contributed by atoms with Crippen molar-refractivity contribution < 1.29 is 0 Å². The van der Waals surface area contributed by atoms with Crippen LogP contribution in [-0.4, -0.2) is 15.0 Å². The molecule has 2 rings (SSSR count). The van der Waals surface area contributed by atoms with E-state index < -0.39 is 0 Å². The summed E-state index contributed by atoms with van der Waals surface area (Å²) in [5, 5.41) is 3.99. The van der Waals surface area contributed by atoms with Gasteiger partial charge < -0.3 is 0 Å². The maximum Gasteiger partial charge on any atom is 0.149 e. The molecule has 0 N–H and O–H groups in total. The molecule has 0 fully saturated rings.